The van der Waals surface area contributed by atoms with E-state index in [1.54, 1.807) is 18.5 Å². The van der Waals surface area contributed by atoms with Gasteiger partial charge in [0.2, 0.25) is 0 Å². The topological polar surface area (TPSA) is 80.2 Å². The Morgan fingerprint density at radius 1 is 1.23 bits per heavy atom. The molecule has 0 aromatic carbocycles. The molecule has 0 saturated heterocycles. The molecule has 0 radical (unpaired) electrons. The van der Waals surface area contributed by atoms with Crippen LogP contribution in [0.15, 0.2) is 30.6 Å². The number of halogens is 2. The van der Waals surface area contributed by atoms with Crippen molar-refractivity contribution in [2.75, 3.05) is 5.32 Å². The number of aromatic nitrogens is 3. The maximum absolute atomic E-state index is 13.4. The van der Waals surface area contributed by atoms with Crippen molar-refractivity contribution < 1.29 is 18.6 Å². The van der Waals surface area contributed by atoms with E-state index in [0.717, 1.165) is 34.5 Å². The van der Waals surface area contributed by atoms with Crippen LogP contribution in [0.5, 0.6) is 5.75 Å². The number of rotatable bonds is 5. The quantitative estimate of drug-likeness (QED) is 0.563. The number of nitrogens with zero attached hydrogens (tertiary/aromatic N) is 3. The van der Waals surface area contributed by atoms with Crippen LogP contribution < -0.4 is 10.1 Å². The summed E-state index contributed by atoms with van der Waals surface area (Å²) in [6.45, 7) is 1.90. The molecule has 3 aromatic rings. The van der Waals surface area contributed by atoms with Crippen molar-refractivity contribution in [1.29, 1.82) is 0 Å². The van der Waals surface area contributed by atoms with Crippen LogP contribution in [0.4, 0.5) is 19.7 Å². The number of anilines is 2. The summed E-state index contributed by atoms with van der Waals surface area (Å²) in [5.74, 6) is -1.87. The van der Waals surface area contributed by atoms with Crippen LogP contribution in [0.3, 0.4) is 0 Å². The Balaban J connectivity index is 1.50. The van der Waals surface area contributed by atoms with Crippen LogP contribution in [-0.4, -0.2) is 32.1 Å². The van der Waals surface area contributed by atoms with Gasteiger partial charge in [0.15, 0.2) is 16.7 Å². The maximum atomic E-state index is 13.4. The lowest BCUT2D eigenvalue weighted by Gasteiger charge is -2.35. The molecule has 6 nitrogen and oxygen atoms in total. The van der Waals surface area contributed by atoms with Crippen molar-refractivity contribution >= 4 is 22.3 Å². The van der Waals surface area contributed by atoms with Crippen LogP contribution in [0.1, 0.15) is 48.1 Å². The van der Waals surface area contributed by atoms with Gasteiger partial charge >= 0.3 is 0 Å². The zero-order chi connectivity index (χ0) is 21.6. The number of pyridine rings is 2. The summed E-state index contributed by atoms with van der Waals surface area (Å²) < 4.78 is 32.9. The molecule has 2 N–H and O–H groups in total. The van der Waals surface area contributed by atoms with E-state index in [0.29, 0.717) is 28.8 Å². The summed E-state index contributed by atoms with van der Waals surface area (Å²) in [5.41, 5.74) is 3.12. The van der Waals surface area contributed by atoms with Gasteiger partial charge in [0.1, 0.15) is 6.10 Å². The predicted octanol–water partition coefficient (Wildman–Crippen LogP) is 5.20. The van der Waals surface area contributed by atoms with Crippen LogP contribution >= 0.6 is 11.3 Å². The van der Waals surface area contributed by atoms with E-state index >= 15 is 0 Å². The number of alkyl halides is 2. The Hall–Kier alpha value is -2.65. The number of hydrogen-bond donors (Lipinski definition) is 2. The molecule has 9 heteroatoms. The van der Waals surface area contributed by atoms with Gasteiger partial charge in [-0.1, -0.05) is 6.07 Å². The number of aryl methyl sites for hydroxylation is 2. The Bertz CT molecular complexity index is 1100. The van der Waals surface area contributed by atoms with Crippen LogP contribution in [0.2, 0.25) is 0 Å². The molecule has 3 heterocycles. The SMILES string of the molecule is Cc1ccc(-c2ccnc(Nc3nc4c(s3)CCCC4O)c2OC2CC(F)(F)C2)cn1. The van der Waals surface area contributed by atoms with Crippen molar-refractivity contribution in [2.24, 2.45) is 0 Å². The Kier molecular flexibility index (Phi) is 5.10. The van der Waals surface area contributed by atoms with Gasteiger partial charge in [-0.05, 0) is 38.3 Å². The summed E-state index contributed by atoms with van der Waals surface area (Å²) in [7, 11) is 0. The molecule has 1 saturated carbocycles. The van der Waals surface area contributed by atoms with Crippen molar-refractivity contribution in [2.45, 2.75) is 57.2 Å². The average Bonchev–Trinajstić information content (AvgIpc) is 3.12. The van der Waals surface area contributed by atoms with Crippen molar-refractivity contribution in [3.63, 3.8) is 0 Å². The third-order valence-corrected chi connectivity index (χ3v) is 6.66. The van der Waals surface area contributed by atoms with E-state index < -0.39 is 18.1 Å². The van der Waals surface area contributed by atoms with Gasteiger partial charge in [0.25, 0.3) is 5.92 Å². The highest BCUT2D eigenvalue weighted by Gasteiger charge is 2.47. The zero-order valence-electron chi connectivity index (χ0n) is 16.9. The highest BCUT2D eigenvalue weighted by atomic mass is 32.1. The van der Waals surface area contributed by atoms with Gasteiger partial charge in [-0.3, -0.25) is 4.98 Å². The van der Waals surface area contributed by atoms with E-state index in [1.165, 1.54) is 11.3 Å². The fourth-order valence-corrected chi connectivity index (χ4v) is 4.98. The summed E-state index contributed by atoms with van der Waals surface area (Å²) in [6, 6.07) is 5.60. The normalized spacial score (nSPS) is 20.1. The summed E-state index contributed by atoms with van der Waals surface area (Å²) in [5, 5.41) is 14.0. The lowest BCUT2D eigenvalue weighted by molar-refractivity contribution is -0.134. The molecule has 0 amide bonds. The largest absolute Gasteiger partial charge is 0.485 e. The first-order chi connectivity index (χ1) is 14.9. The van der Waals surface area contributed by atoms with Gasteiger partial charge in [-0.15, -0.1) is 11.3 Å². The Morgan fingerprint density at radius 3 is 2.77 bits per heavy atom. The molecule has 0 bridgehead atoms. The number of aliphatic hydroxyl groups excluding tert-OH is 1. The van der Waals surface area contributed by atoms with Crippen molar-refractivity contribution in [3.8, 4) is 16.9 Å². The van der Waals surface area contributed by atoms with Crippen molar-refractivity contribution in [3.05, 3.63) is 46.9 Å². The van der Waals surface area contributed by atoms with Crippen LogP contribution in [0, 0.1) is 6.92 Å². The fraction of sp³-hybridized carbons (Fsp3) is 0.409. The molecule has 1 fully saturated rings. The standard InChI is InChI=1S/C22H22F2N4O2S/c1-12-5-6-13(11-26-12)15-7-8-25-20(19(15)30-14-9-22(23,24)10-14)28-21-27-18-16(29)3-2-4-17(18)31-21/h5-8,11,14,16,29H,2-4,9-10H2,1H3,(H,25,27,28). The van der Waals surface area contributed by atoms with Gasteiger partial charge in [0.05, 0.1) is 11.8 Å². The summed E-state index contributed by atoms with van der Waals surface area (Å²) in [6.07, 6.45) is 4.12. The second-order valence-electron chi connectivity index (χ2n) is 8.09. The van der Waals surface area contributed by atoms with Gasteiger partial charge in [-0.25, -0.2) is 18.7 Å². The third-order valence-electron chi connectivity index (χ3n) is 5.61. The molecule has 1 atom stereocenters. The number of nitrogens with one attached hydrogen (secondary N) is 1. The number of aliphatic hydroxyl groups is 1. The van der Waals surface area contributed by atoms with Gasteiger partial charge in [-0.2, -0.15) is 0 Å². The number of ether oxygens (including phenoxy) is 1. The molecular weight excluding hydrogens is 422 g/mol. The summed E-state index contributed by atoms with van der Waals surface area (Å²) >= 11 is 1.47. The predicted molar refractivity (Wildman–Crippen MR) is 114 cm³/mol. The van der Waals surface area contributed by atoms with Crippen LogP contribution in [-0.2, 0) is 6.42 Å². The first-order valence-electron chi connectivity index (χ1n) is 10.3. The second kappa shape index (κ2) is 7.80. The molecule has 1 unspecified atom stereocenters. The van der Waals surface area contributed by atoms with Crippen molar-refractivity contribution in [1.82, 2.24) is 15.0 Å². The minimum atomic E-state index is -2.68. The molecule has 5 rings (SSSR count). The minimum absolute atomic E-state index is 0.315. The molecule has 0 spiro atoms. The second-order valence-corrected chi connectivity index (χ2v) is 9.17. The molecular formula is C22H22F2N4O2S. The molecule has 2 aliphatic carbocycles. The molecule has 31 heavy (non-hydrogen) atoms. The minimum Gasteiger partial charge on any atom is -0.485 e. The smallest absolute Gasteiger partial charge is 0.255 e. The zero-order valence-corrected chi connectivity index (χ0v) is 17.8. The fourth-order valence-electron chi connectivity index (χ4n) is 3.92. The molecule has 162 valence electrons. The lowest BCUT2D eigenvalue weighted by atomic mass is 9.91. The first kappa shape index (κ1) is 20.3. The highest BCUT2D eigenvalue weighted by molar-refractivity contribution is 7.15. The summed E-state index contributed by atoms with van der Waals surface area (Å²) in [4.78, 5) is 14.4. The lowest BCUT2D eigenvalue weighted by Crippen LogP contribution is -2.43. The maximum Gasteiger partial charge on any atom is 0.255 e. The van der Waals surface area contributed by atoms with Crippen LogP contribution in [0.25, 0.3) is 11.1 Å². The van der Waals surface area contributed by atoms with Gasteiger partial charge < -0.3 is 15.2 Å². The number of thiazole rings is 1. The average molecular weight is 445 g/mol. The molecule has 0 aliphatic heterocycles. The Labute approximate surface area is 182 Å². The van der Waals surface area contributed by atoms with Gasteiger partial charge in [0, 0.05) is 46.9 Å². The van der Waals surface area contributed by atoms with E-state index in [-0.39, 0.29) is 12.8 Å². The number of fused-ring (bicyclic) bond motifs is 1. The number of hydrogen-bond acceptors (Lipinski definition) is 7. The van der Waals surface area contributed by atoms with E-state index in [4.69, 9.17) is 4.74 Å². The third kappa shape index (κ3) is 4.12. The monoisotopic (exact) mass is 444 g/mol. The van der Waals surface area contributed by atoms with E-state index in [2.05, 4.69) is 20.3 Å². The first-order valence-corrected chi connectivity index (χ1v) is 11.1. The Morgan fingerprint density at radius 2 is 2.06 bits per heavy atom. The highest BCUT2D eigenvalue weighted by Crippen LogP contribution is 2.44. The molecule has 3 aromatic heterocycles. The van der Waals surface area contributed by atoms with E-state index in [9.17, 15) is 13.9 Å². The van der Waals surface area contributed by atoms with E-state index in [1.807, 2.05) is 19.1 Å². The molecule has 2 aliphatic rings.